The highest BCUT2D eigenvalue weighted by molar-refractivity contribution is 6.36. The molecule has 1 aromatic heterocycles. The van der Waals surface area contributed by atoms with Gasteiger partial charge in [0.1, 0.15) is 11.5 Å². The Morgan fingerprint density at radius 3 is 2.40 bits per heavy atom. The van der Waals surface area contributed by atoms with Gasteiger partial charge in [0, 0.05) is 15.6 Å². The number of hydrazone groups is 1. The first-order valence-electron chi connectivity index (χ1n) is 7.17. The van der Waals surface area contributed by atoms with Gasteiger partial charge in [-0.25, -0.2) is 5.43 Å². The van der Waals surface area contributed by atoms with Crippen LogP contribution in [0.1, 0.15) is 16.1 Å². The zero-order valence-electron chi connectivity index (χ0n) is 12.7. The monoisotopic (exact) mass is 392 g/mol. The SMILES string of the molecule is O=C(N/N=C/c1ccc(-c2ccc(Cl)cc2)o1)c1ccc(Cl)cc1Cl. The molecular weight excluding hydrogens is 383 g/mol. The van der Waals surface area contributed by atoms with Crippen molar-refractivity contribution >= 4 is 46.9 Å². The Morgan fingerprint density at radius 1 is 0.960 bits per heavy atom. The highest BCUT2D eigenvalue weighted by Crippen LogP contribution is 2.23. The summed E-state index contributed by atoms with van der Waals surface area (Å²) >= 11 is 17.6. The number of hydrogen-bond donors (Lipinski definition) is 1. The summed E-state index contributed by atoms with van der Waals surface area (Å²) in [5, 5.41) is 5.23. The van der Waals surface area contributed by atoms with E-state index in [9.17, 15) is 4.79 Å². The van der Waals surface area contributed by atoms with Crippen molar-refractivity contribution in [1.82, 2.24) is 5.43 Å². The molecule has 0 aliphatic heterocycles. The Hall–Kier alpha value is -2.27. The molecule has 1 amide bonds. The zero-order valence-corrected chi connectivity index (χ0v) is 14.9. The molecule has 0 radical (unpaired) electrons. The minimum absolute atomic E-state index is 0.253. The molecule has 3 aromatic rings. The molecule has 25 heavy (non-hydrogen) atoms. The summed E-state index contributed by atoms with van der Waals surface area (Å²) in [6.45, 7) is 0. The Labute approximate surface area is 159 Å². The molecule has 2 aromatic carbocycles. The van der Waals surface area contributed by atoms with E-state index in [1.54, 1.807) is 24.3 Å². The van der Waals surface area contributed by atoms with E-state index < -0.39 is 5.91 Å². The van der Waals surface area contributed by atoms with Crippen LogP contribution in [0, 0.1) is 0 Å². The van der Waals surface area contributed by atoms with Crippen LogP contribution < -0.4 is 5.43 Å². The summed E-state index contributed by atoms with van der Waals surface area (Å²) < 4.78 is 5.65. The van der Waals surface area contributed by atoms with Crippen molar-refractivity contribution in [1.29, 1.82) is 0 Å². The number of benzene rings is 2. The molecule has 7 heteroatoms. The maximum absolute atomic E-state index is 12.0. The maximum Gasteiger partial charge on any atom is 0.272 e. The average molecular weight is 394 g/mol. The molecule has 1 N–H and O–H groups in total. The maximum atomic E-state index is 12.0. The lowest BCUT2D eigenvalue weighted by Crippen LogP contribution is -2.17. The quantitative estimate of drug-likeness (QED) is 0.458. The van der Waals surface area contributed by atoms with Gasteiger partial charge < -0.3 is 4.42 Å². The van der Waals surface area contributed by atoms with Crippen LogP contribution in [0.5, 0.6) is 0 Å². The minimum atomic E-state index is -0.442. The van der Waals surface area contributed by atoms with Gasteiger partial charge in [0.2, 0.25) is 0 Å². The van der Waals surface area contributed by atoms with E-state index in [2.05, 4.69) is 10.5 Å². The van der Waals surface area contributed by atoms with Gasteiger partial charge in [0.15, 0.2) is 0 Å². The Kier molecular flexibility index (Phi) is 5.43. The molecule has 0 bridgehead atoms. The Morgan fingerprint density at radius 2 is 1.68 bits per heavy atom. The second-order valence-corrected chi connectivity index (χ2v) is 6.31. The normalized spacial score (nSPS) is 11.0. The highest BCUT2D eigenvalue weighted by atomic mass is 35.5. The number of rotatable bonds is 4. The lowest BCUT2D eigenvalue weighted by atomic mass is 10.2. The molecule has 0 unspecified atom stereocenters. The van der Waals surface area contributed by atoms with Gasteiger partial charge in [-0.15, -0.1) is 0 Å². The third-order valence-electron chi connectivity index (χ3n) is 3.29. The second kappa shape index (κ2) is 7.74. The van der Waals surface area contributed by atoms with Crippen LogP contribution in [-0.4, -0.2) is 12.1 Å². The minimum Gasteiger partial charge on any atom is -0.455 e. The summed E-state index contributed by atoms with van der Waals surface area (Å²) in [6, 6.07) is 15.4. The smallest absolute Gasteiger partial charge is 0.272 e. The van der Waals surface area contributed by atoms with E-state index in [0.717, 1.165) is 5.56 Å². The van der Waals surface area contributed by atoms with Crippen molar-refractivity contribution in [2.45, 2.75) is 0 Å². The number of hydrogen-bond acceptors (Lipinski definition) is 3. The number of carbonyl (C=O) groups excluding carboxylic acids is 1. The van der Waals surface area contributed by atoms with E-state index in [4.69, 9.17) is 39.2 Å². The first-order valence-corrected chi connectivity index (χ1v) is 8.30. The van der Waals surface area contributed by atoms with Crippen LogP contribution in [-0.2, 0) is 0 Å². The molecule has 0 aliphatic rings. The van der Waals surface area contributed by atoms with E-state index in [1.165, 1.54) is 18.3 Å². The number of halogens is 3. The van der Waals surface area contributed by atoms with Crippen molar-refractivity contribution in [2.75, 3.05) is 0 Å². The van der Waals surface area contributed by atoms with Gasteiger partial charge in [-0.1, -0.05) is 34.8 Å². The Bertz CT molecular complexity index is 934. The number of nitrogens with zero attached hydrogens (tertiary/aromatic N) is 1. The fraction of sp³-hybridized carbons (Fsp3) is 0. The van der Waals surface area contributed by atoms with E-state index in [1.807, 2.05) is 18.2 Å². The van der Waals surface area contributed by atoms with Gasteiger partial charge >= 0.3 is 0 Å². The van der Waals surface area contributed by atoms with Crippen LogP contribution in [0.4, 0.5) is 0 Å². The highest BCUT2D eigenvalue weighted by Gasteiger charge is 2.10. The Balaban J connectivity index is 1.66. The van der Waals surface area contributed by atoms with Crippen molar-refractivity contribution < 1.29 is 9.21 Å². The van der Waals surface area contributed by atoms with Crippen molar-refractivity contribution in [3.63, 3.8) is 0 Å². The van der Waals surface area contributed by atoms with E-state index in [-0.39, 0.29) is 10.6 Å². The fourth-order valence-electron chi connectivity index (χ4n) is 2.08. The van der Waals surface area contributed by atoms with Crippen molar-refractivity contribution in [3.8, 4) is 11.3 Å². The molecule has 0 aliphatic carbocycles. The van der Waals surface area contributed by atoms with E-state index in [0.29, 0.717) is 21.6 Å². The summed E-state index contributed by atoms with van der Waals surface area (Å²) in [5.74, 6) is 0.722. The van der Waals surface area contributed by atoms with Crippen LogP contribution in [0.15, 0.2) is 64.1 Å². The molecule has 0 spiro atoms. The van der Waals surface area contributed by atoms with Gasteiger partial charge in [0.25, 0.3) is 5.91 Å². The van der Waals surface area contributed by atoms with Gasteiger partial charge in [0.05, 0.1) is 16.8 Å². The predicted molar refractivity (Wildman–Crippen MR) is 101 cm³/mol. The van der Waals surface area contributed by atoms with Crippen molar-refractivity contribution in [2.24, 2.45) is 5.10 Å². The van der Waals surface area contributed by atoms with Gasteiger partial charge in [-0.05, 0) is 54.6 Å². The lowest BCUT2D eigenvalue weighted by molar-refractivity contribution is 0.0955. The molecule has 126 valence electrons. The molecule has 1 heterocycles. The number of carbonyl (C=O) groups is 1. The van der Waals surface area contributed by atoms with Gasteiger partial charge in [-0.2, -0.15) is 5.10 Å². The summed E-state index contributed by atoms with van der Waals surface area (Å²) in [7, 11) is 0. The third kappa shape index (κ3) is 4.42. The largest absolute Gasteiger partial charge is 0.455 e. The standard InChI is InChI=1S/C18H11Cl3N2O2/c19-12-3-1-11(2-4-12)17-8-6-14(25-17)10-22-23-18(24)15-7-5-13(20)9-16(15)21/h1-10H,(H,23,24)/b22-10+. The van der Waals surface area contributed by atoms with Crippen LogP contribution in [0.2, 0.25) is 15.1 Å². The van der Waals surface area contributed by atoms with E-state index >= 15 is 0 Å². The summed E-state index contributed by atoms with van der Waals surface area (Å²) in [4.78, 5) is 12.0. The molecule has 0 fully saturated rings. The molecule has 0 atom stereocenters. The molecule has 3 rings (SSSR count). The van der Waals surface area contributed by atoms with Crippen LogP contribution in [0.25, 0.3) is 11.3 Å². The second-order valence-electron chi connectivity index (χ2n) is 5.03. The molecule has 0 saturated carbocycles. The van der Waals surface area contributed by atoms with Crippen molar-refractivity contribution in [3.05, 3.63) is 81.0 Å². The average Bonchev–Trinajstić information content (AvgIpc) is 3.04. The number of furan rings is 1. The molecule has 4 nitrogen and oxygen atoms in total. The molecule has 0 saturated heterocycles. The predicted octanol–water partition coefficient (Wildman–Crippen LogP) is 5.67. The number of amides is 1. The lowest BCUT2D eigenvalue weighted by Gasteiger charge is -2.02. The fourth-order valence-corrected chi connectivity index (χ4v) is 2.70. The summed E-state index contributed by atoms with van der Waals surface area (Å²) in [5.41, 5.74) is 3.56. The zero-order chi connectivity index (χ0) is 17.8. The first-order chi connectivity index (χ1) is 12.0. The molecular formula is C18H11Cl3N2O2. The van der Waals surface area contributed by atoms with Crippen LogP contribution >= 0.6 is 34.8 Å². The first kappa shape index (κ1) is 17.5. The number of nitrogens with one attached hydrogen (secondary N) is 1. The third-order valence-corrected chi connectivity index (χ3v) is 4.09. The van der Waals surface area contributed by atoms with Crippen LogP contribution in [0.3, 0.4) is 0 Å². The summed E-state index contributed by atoms with van der Waals surface area (Å²) in [6.07, 6.45) is 1.40. The van der Waals surface area contributed by atoms with Gasteiger partial charge in [-0.3, -0.25) is 4.79 Å². The topological polar surface area (TPSA) is 54.6 Å².